The van der Waals surface area contributed by atoms with Gasteiger partial charge in [-0.05, 0) is 38.1 Å². The minimum atomic E-state index is -1.11. The molecule has 1 fully saturated rings. The quantitative estimate of drug-likeness (QED) is 0.249. The Morgan fingerprint density at radius 2 is 1.58 bits per heavy atom. The summed E-state index contributed by atoms with van der Waals surface area (Å²) in [5, 5.41) is 0.722. The van der Waals surface area contributed by atoms with Crippen LogP contribution in [0.4, 0.5) is 0 Å². The molecule has 204 valence electrons. The smallest absolute Gasteiger partial charge is 0.342 e. The lowest BCUT2D eigenvalue weighted by molar-refractivity contribution is -0.165. The van der Waals surface area contributed by atoms with Gasteiger partial charge in [-0.1, -0.05) is 23.4 Å². The number of hydrogen-bond donors (Lipinski definition) is 0. The fraction of sp³-hybridized carbons (Fsp3) is 0.440. The molecule has 0 radical (unpaired) electrons. The Morgan fingerprint density at radius 3 is 2.16 bits per heavy atom. The number of hydrogen-bond acceptors (Lipinski definition) is 12. The number of benzene rings is 1. The molecular formula is C25H27ClN2O9S. The predicted octanol–water partition coefficient (Wildman–Crippen LogP) is 3.53. The zero-order chi connectivity index (χ0) is 28.0. The van der Waals surface area contributed by atoms with Crippen molar-refractivity contribution in [3.8, 4) is 11.4 Å². The van der Waals surface area contributed by atoms with E-state index >= 15 is 0 Å². The van der Waals surface area contributed by atoms with Crippen LogP contribution < -0.4 is 0 Å². The second-order valence-electron chi connectivity index (χ2n) is 8.15. The van der Waals surface area contributed by atoms with Gasteiger partial charge in [0.15, 0.2) is 23.5 Å². The van der Waals surface area contributed by atoms with Crippen molar-refractivity contribution in [3.05, 3.63) is 40.5 Å². The van der Waals surface area contributed by atoms with E-state index in [1.165, 1.54) is 20.8 Å². The molecule has 1 saturated heterocycles. The average Bonchev–Trinajstić information content (AvgIpc) is 3.12. The lowest BCUT2D eigenvalue weighted by Gasteiger charge is -2.23. The molecule has 0 aliphatic carbocycles. The topological polar surface area (TPSA) is 140 Å². The van der Waals surface area contributed by atoms with Crippen LogP contribution in [0.2, 0.25) is 5.02 Å². The average molecular weight is 567 g/mol. The van der Waals surface area contributed by atoms with Crippen molar-refractivity contribution >= 4 is 47.2 Å². The van der Waals surface area contributed by atoms with E-state index in [2.05, 4.69) is 9.97 Å². The largest absolute Gasteiger partial charge is 0.463 e. The van der Waals surface area contributed by atoms with E-state index in [1.807, 2.05) is 0 Å². The molecule has 13 heteroatoms. The highest BCUT2D eigenvalue weighted by molar-refractivity contribution is 7.99. The molecule has 38 heavy (non-hydrogen) atoms. The van der Waals surface area contributed by atoms with Gasteiger partial charge < -0.3 is 23.7 Å². The maximum absolute atomic E-state index is 12.9. The Hall–Kier alpha value is -3.22. The van der Waals surface area contributed by atoms with Crippen molar-refractivity contribution < 1.29 is 42.9 Å². The monoisotopic (exact) mass is 566 g/mol. The summed E-state index contributed by atoms with van der Waals surface area (Å²) in [4.78, 5) is 57.2. The number of rotatable bonds is 9. The van der Waals surface area contributed by atoms with Gasteiger partial charge in [-0.25, -0.2) is 14.8 Å². The van der Waals surface area contributed by atoms with E-state index in [9.17, 15) is 19.2 Å². The zero-order valence-corrected chi connectivity index (χ0v) is 23.0. The van der Waals surface area contributed by atoms with Crippen LogP contribution in [0.3, 0.4) is 0 Å². The fourth-order valence-corrected chi connectivity index (χ4v) is 5.06. The van der Waals surface area contributed by atoms with Crippen LogP contribution in [0.15, 0.2) is 29.3 Å². The molecule has 1 aliphatic rings. The Morgan fingerprint density at radius 1 is 0.947 bits per heavy atom. The Labute approximate surface area is 228 Å². The number of ether oxygens (including phenoxy) is 5. The molecule has 1 aromatic carbocycles. The molecule has 0 bridgehead atoms. The van der Waals surface area contributed by atoms with E-state index in [0.717, 1.165) is 11.8 Å². The number of carbonyl (C=O) groups is 4. The number of halogens is 1. The SMILES string of the molecule is CCOC(=O)c1c(C)nc(-c2ccc(Cl)cc2)nc1S[C@@H]1O[C@H](COC(C)=O)[C@@H](OC(C)=O)[C@H]1OC(C)=O. The van der Waals surface area contributed by atoms with E-state index in [-0.39, 0.29) is 23.8 Å². The van der Waals surface area contributed by atoms with Gasteiger partial charge in [0.05, 0.1) is 12.3 Å². The van der Waals surface area contributed by atoms with Gasteiger partial charge in [-0.2, -0.15) is 0 Å². The first-order chi connectivity index (χ1) is 18.0. The van der Waals surface area contributed by atoms with E-state index < -0.39 is 47.6 Å². The maximum atomic E-state index is 12.9. The van der Waals surface area contributed by atoms with Crippen LogP contribution in [-0.4, -0.2) is 70.8 Å². The van der Waals surface area contributed by atoms with E-state index in [1.54, 1.807) is 38.1 Å². The molecule has 4 atom stereocenters. The van der Waals surface area contributed by atoms with E-state index in [4.69, 9.17) is 35.3 Å². The second-order valence-corrected chi connectivity index (χ2v) is 9.68. The Bertz CT molecular complexity index is 1210. The van der Waals surface area contributed by atoms with Gasteiger partial charge in [0.1, 0.15) is 23.3 Å². The number of carbonyl (C=O) groups excluding carboxylic acids is 4. The molecule has 0 spiro atoms. The summed E-state index contributed by atoms with van der Waals surface area (Å²) in [6.07, 6.45) is -3.14. The molecule has 11 nitrogen and oxygen atoms in total. The molecular weight excluding hydrogens is 540 g/mol. The number of aryl methyl sites for hydroxylation is 1. The first-order valence-corrected chi connectivity index (χ1v) is 12.9. The summed E-state index contributed by atoms with van der Waals surface area (Å²) in [5.41, 5.74) is 0.0988. The minimum absolute atomic E-state index is 0.104. The first kappa shape index (κ1) is 29.3. The zero-order valence-electron chi connectivity index (χ0n) is 21.4. The summed E-state index contributed by atoms with van der Waals surface area (Å²) in [6, 6.07) is 6.83. The molecule has 2 aromatic rings. The van der Waals surface area contributed by atoms with Crippen LogP contribution in [0.5, 0.6) is 0 Å². The lowest BCUT2D eigenvalue weighted by Crippen LogP contribution is -2.40. The van der Waals surface area contributed by atoms with Gasteiger partial charge in [0.25, 0.3) is 0 Å². The molecule has 2 heterocycles. The van der Waals surface area contributed by atoms with Crippen LogP contribution in [-0.2, 0) is 38.1 Å². The van der Waals surface area contributed by atoms with E-state index in [0.29, 0.717) is 22.1 Å². The van der Waals surface area contributed by atoms with Crippen molar-refractivity contribution in [3.63, 3.8) is 0 Å². The van der Waals surface area contributed by atoms with Crippen molar-refractivity contribution in [1.82, 2.24) is 9.97 Å². The highest BCUT2D eigenvalue weighted by Gasteiger charge is 2.50. The fourth-order valence-electron chi connectivity index (χ4n) is 3.68. The summed E-state index contributed by atoms with van der Waals surface area (Å²) in [6.45, 7) is 6.79. The number of thioether (sulfide) groups is 1. The van der Waals surface area contributed by atoms with Crippen molar-refractivity contribution in [1.29, 1.82) is 0 Å². The Balaban J connectivity index is 2.06. The molecule has 3 rings (SSSR count). The normalized spacial score (nSPS) is 20.5. The van der Waals surface area contributed by atoms with Crippen molar-refractivity contribution in [2.24, 2.45) is 0 Å². The third kappa shape index (κ3) is 7.42. The van der Waals surface area contributed by atoms with Crippen LogP contribution in [0, 0.1) is 6.92 Å². The maximum Gasteiger partial charge on any atom is 0.342 e. The summed E-state index contributed by atoms with van der Waals surface area (Å²) < 4.78 is 27.2. The molecule has 0 unspecified atom stereocenters. The highest BCUT2D eigenvalue weighted by Crippen LogP contribution is 2.39. The Kier molecular flexibility index (Phi) is 10.1. The standard InChI is InChI=1S/C25H27ClN2O9S/c1-6-33-24(32)19-12(2)27-22(16-7-9-17(26)10-8-16)28-23(19)38-25-21(36-15(5)31)20(35-14(4)30)18(37-25)11-34-13(3)29/h7-10,18,20-21,25H,6,11H2,1-5H3/t18-,20-,21-,25+/m1/s1. The van der Waals surface area contributed by atoms with Gasteiger partial charge in [0, 0.05) is 31.4 Å². The second kappa shape index (κ2) is 13.0. The number of nitrogens with zero attached hydrogens (tertiary/aromatic N) is 2. The van der Waals surface area contributed by atoms with Crippen LogP contribution >= 0.6 is 23.4 Å². The number of aromatic nitrogens is 2. The molecule has 1 aromatic heterocycles. The molecule has 0 saturated carbocycles. The summed E-state index contributed by atoms with van der Waals surface area (Å²) in [7, 11) is 0. The molecule has 0 N–H and O–H groups in total. The van der Waals surface area contributed by atoms with Gasteiger partial charge in [-0.3, -0.25) is 14.4 Å². The van der Waals surface area contributed by atoms with Gasteiger partial charge in [0.2, 0.25) is 0 Å². The van der Waals surface area contributed by atoms with Crippen LogP contribution in [0.1, 0.15) is 43.7 Å². The predicted molar refractivity (Wildman–Crippen MR) is 135 cm³/mol. The minimum Gasteiger partial charge on any atom is -0.463 e. The third-order valence-electron chi connectivity index (χ3n) is 5.19. The first-order valence-electron chi connectivity index (χ1n) is 11.6. The van der Waals surface area contributed by atoms with Crippen molar-refractivity contribution in [2.75, 3.05) is 13.2 Å². The molecule has 0 amide bonds. The molecule has 1 aliphatic heterocycles. The van der Waals surface area contributed by atoms with Crippen LogP contribution in [0.25, 0.3) is 11.4 Å². The summed E-state index contributed by atoms with van der Waals surface area (Å²) in [5.74, 6) is -2.21. The van der Waals surface area contributed by atoms with Crippen molar-refractivity contribution in [2.45, 2.75) is 63.4 Å². The highest BCUT2D eigenvalue weighted by atomic mass is 35.5. The van der Waals surface area contributed by atoms with Gasteiger partial charge >= 0.3 is 23.9 Å². The third-order valence-corrected chi connectivity index (χ3v) is 6.57. The summed E-state index contributed by atoms with van der Waals surface area (Å²) >= 11 is 6.98. The lowest BCUT2D eigenvalue weighted by atomic mass is 10.1. The number of esters is 4. The van der Waals surface area contributed by atoms with Gasteiger partial charge in [-0.15, -0.1) is 0 Å².